The van der Waals surface area contributed by atoms with E-state index in [1.54, 1.807) is 4.90 Å². The Morgan fingerprint density at radius 3 is 2.44 bits per heavy atom. The number of hydrogen-bond acceptors (Lipinski definition) is 7. The molecule has 1 spiro atoms. The monoisotopic (exact) mass is 499 g/mol. The molecule has 4 aliphatic rings. The lowest BCUT2D eigenvalue weighted by atomic mass is 9.56. The number of hydroxylamine groups is 2. The minimum absolute atomic E-state index is 0.0330. The topological polar surface area (TPSA) is 114 Å². The molecule has 0 N–H and O–H groups in total. The fraction of sp³-hybridized carbons (Fsp3) is 0.870. The lowest BCUT2D eigenvalue weighted by Crippen LogP contribution is -2.64. The van der Waals surface area contributed by atoms with Gasteiger partial charge in [-0.2, -0.15) is 13.5 Å². The van der Waals surface area contributed by atoms with Crippen molar-refractivity contribution in [1.29, 1.82) is 0 Å². The van der Waals surface area contributed by atoms with E-state index in [4.69, 9.17) is 9.02 Å². The number of ketones is 1. The number of ether oxygens (including phenoxy) is 1. The van der Waals surface area contributed by atoms with Crippen molar-refractivity contribution in [1.82, 2.24) is 14.9 Å². The van der Waals surface area contributed by atoms with Gasteiger partial charge in [0.05, 0.1) is 17.8 Å². The maximum absolute atomic E-state index is 13.1. The molecule has 0 unspecified atom stereocenters. The maximum Gasteiger partial charge on any atom is 0.410 e. The summed E-state index contributed by atoms with van der Waals surface area (Å²) in [6.07, 6.45) is 4.16. The summed E-state index contributed by atoms with van der Waals surface area (Å²) >= 11 is 0. The van der Waals surface area contributed by atoms with E-state index in [2.05, 4.69) is 0 Å². The number of carbonyl (C=O) groups is 3. The Labute approximate surface area is 202 Å². The number of hydrogen-bond donors (Lipinski definition) is 0. The van der Waals surface area contributed by atoms with Gasteiger partial charge in [-0.25, -0.2) is 9.59 Å². The number of carbonyl (C=O) groups excluding carboxylic acids is 3. The Balaban J connectivity index is 1.24. The van der Waals surface area contributed by atoms with Crippen LogP contribution in [0.2, 0.25) is 0 Å². The van der Waals surface area contributed by atoms with Gasteiger partial charge in [0.1, 0.15) is 5.60 Å². The van der Waals surface area contributed by atoms with Crippen molar-refractivity contribution < 1.29 is 31.8 Å². The molecule has 10 nitrogen and oxygen atoms in total. The van der Waals surface area contributed by atoms with E-state index in [-0.39, 0.29) is 35.0 Å². The number of piperidine rings is 1. The number of likely N-dealkylation sites (tertiary alicyclic amines) is 1. The van der Waals surface area contributed by atoms with Crippen LogP contribution in [0.3, 0.4) is 0 Å². The molecule has 2 atom stereocenters. The lowest BCUT2D eigenvalue weighted by molar-refractivity contribution is -0.131. The van der Waals surface area contributed by atoms with Gasteiger partial charge in [-0.05, 0) is 58.8 Å². The Hall–Kier alpha value is -1.88. The molecule has 0 aromatic carbocycles. The molecule has 1 saturated carbocycles. The summed E-state index contributed by atoms with van der Waals surface area (Å²) in [6.45, 7) is 9.08. The van der Waals surface area contributed by atoms with Gasteiger partial charge in [-0.1, -0.05) is 13.3 Å². The van der Waals surface area contributed by atoms with Crippen LogP contribution >= 0.6 is 0 Å². The molecule has 11 heteroatoms. The summed E-state index contributed by atoms with van der Waals surface area (Å²) in [4.78, 5) is 41.3. The standard InChI is InChI=1S/C23H37N3O7S/c1-5-6-9-34(30,31)33-26-17-7-8-18(25(13-17)20(26)28)19(27)10-16-11-23(12-16)14-24(15-23)21(29)32-22(2,3)4/h16-18H,5-15H2,1-4H3/t17-,18-/m1/s1. The van der Waals surface area contributed by atoms with Crippen molar-refractivity contribution >= 4 is 28.0 Å². The number of nitrogens with zero attached hydrogens (tertiary/aromatic N) is 3. The highest BCUT2D eigenvalue weighted by molar-refractivity contribution is 7.86. The summed E-state index contributed by atoms with van der Waals surface area (Å²) in [5.74, 6) is 0.160. The van der Waals surface area contributed by atoms with E-state index in [0.717, 1.165) is 17.9 Å². The van der Waals surface area contributed by atoms with Crippen LogP contribution in [-0.2, 0) is 23.9 Å². The summed E-state index contributed by atoms with van der Waals surface area (Å²) in [7, 11) is -3.82. The third-order valence-electron chi connectivity index (χ3n) is 7.27. The highest BCUT2D eigenvalue weighted by Crippen LogP contribution is 2.53. The van der Waals surface area contributed by atoms with Crippen LogP contribution in [0.5, 0.6) is 0 Å². The van der Waals surface area contributed by atoms with Crippen molar-refractivity contribution in [2.24, 2.45) is 11.3 Å². The summed E-state index contributed by atoms with van der Waals surface area (Å²) in [5, 5.41) is 0.968. The van der Waals surface area contributed by atoms with Gasteiger partial charge in [0.15, 0.2) is 5.78 Å². The smallest absolute Gasteiger partial charge is 0.410 e. The molecular formula is C23H37N3O7S. The van der Waals surface area contributed by atoms with Gasteiger partial charge >= 0.3 is 12.1 Å². The molecule has 3 heterocycles. The van der Waals surface area contributed by atoms with Crippen LogP contribution in [0.25, 0.3) is 0 Å². The van der Waals surface area contributed by atoms with E-state index in [0.29, 0.717) is 51.7 Å². The fourth-order valence-corrected chi connectivity index (χ4v) is 6.90. The van der Waals surface area contributed by atoms with Gasteiger partial charge in [0, 0.05) is 31.5 Å². The molecule has 192 valence electrons. The van der Waals surface area contributed by atoms with E-state index >= 15 is 0 Å². The first kappa shape index (κ1) is 25.2. The molecule has 2 bridgehead atoms. The number of fused-ring (bicyclic) bond motifs is 2. The average Bonchev–Trinajstić information content (AvgIpc) is 2.90. The van der Waals surface area contributed by atoms with E-state index in [1.807, 2.05) is 27.7 Å². The predicted molar refractivity (Wildman–Crippen MR) is 123 cm³/mol. The molecule has 0 aromatic rings. The normalized spacial score (nSPS) is 26.5. The first-order chi connectivity index (χ1) is 15.8. The van der Waals surface area contributed by atoms with Crippen molar-refractivity contribution in [3.05, 3.63) is 0 Å². The van der Waals surface area contributed by atoms with Crippen LogP contribution in [0.15, 0.2) is 0 Å². The van der Waals surface area contributed by atoms with Crippen LogP contribution in [0, 0.1) is 11.3 Å². The predicted octanol–water partition coefficient (Wildman–Crippen LogP) is 2.92. The zero-order valence-electron chi connectivity index (χ0n) is 20.6. The Kier molecular flexibility index (Phi) is 6.65. The van der Waals surface area contributed by atoms with Crippen LogP contribution in [-0.4, -0.2) is 84.3 Å². The van der Waals surface area contributed by atoms with Gasteiger partial charge in [0.2, 0.25) is 0 Å². The molecule has 34 heavy (non-hydrogen) atoms. The van der Waals surface area contributed by atoms with E-state index in [1.165, 1.54) is 4.90 Å². The zero-order chi connectivity index (χ0) is 24.9. The summed E-state index contributed by atoms with van der Waals surface area (Å²) in [6, 6.07) is -1.39. The second-order valence-corrected chi connectivity index (χ2v) is 13.2. The largest absolute Gasteiger partial charge is 0.444 e. The highest BCUT2D eigenvalue weighted by atomic mass is 32.2. The highest BCUT2D eigenvalue weighted by Gasteiger charge is 2.55. The maximum atomic E-state index is 13.1. The quantitative estimate of drug-likeness (QED) is 0.504. The van der Waals surface area contributed by atoms with Crippen molar-refractivity contribution in [3.8, 4) is 0 Å². The molecule has 0 aromatic heterocycles. The van der Waals surface area contributed by atoms with E-state index in [9.17, 15) is 22.8 Å². The summed E-state index contributed by atoms with van der Waals surface area (Å²) in [5.41, 5.74) is -0.415. The molecule has 1 aliphatic carbocycles. The number of urea groups is 1. The van der Waals surface area contributed by atoms with Gasteiger partial charge in [-0.3, -0.25) is 4.79 Å². The van der Waals surface area contributed by atoms with Gasteiger partial charge in [0.25, 0.3) is 10.1 Å². The second-order valence-electron chi connectivity index (χ2n) is 11.5. The Bertz CT molecular complexity index is 931. The molecule has 3 aliphatic heterocycles. The lowest BCUT2D eigenvalue weighted by Gasteiger charge is -2.58. The molecule has 4 fully saturated rings. The van der Waals surface area contributed by atoms with Crippen LogP contribution in [0.1, 0.15) is 72.6 Å². The first-order valence-electron chi connectivity index (χ1n) is 12.3. The van der Waals surface area contributed by atoms with Gasteiger partial charge < -0.3 is 14.5 Å². The van der Waals surface area contributed by atoms with Crippen LogP contribution in [0.4, 0.5) is 9.59 Å². The Morgan fingerprint density at radius 2 is 1.82 bits per heavy atom. The number of amides is 3. The second kappa shape index (κ2) is 8.96. The van der Waals surface area contributed by atoms with Gasteiger partial charge in [-0.15, -0.1) is 4.28 Å². The molecular weight excluding hydrogens is 462 g/mol. The number of rotatable bonds is 8. The fourth-order valence-electron chi connectivity index (χ4n) is 5.75. The Morgan fingerprint density at radius 1 is 1.15 bits per heavy atom. The molecule has 0 radical (unpaired) electrons. The SMILES string of the molecule is CCCCS(=O)(=O)ON1C(=O)N2C[C@H]1CC[C@@H]2C(=O)CC1CC2(C1)CN(C(=O)OC(C)(C)C)C2. The minimum atomic E-state index is -3.82. The first-order valence-corrected chi connectivity index (χ1v) is 13.9. The number of unbranched alkanes of at least 4 members (excludes halogenated alkanes) is 1. The average molecular weight is 500 g/mol. The minimum Gasteiger partial charge on any atom is -0.444 e. The van der Waals surface area contributed by atoms with Crippen molar-refractivity contribution in [2.45, 2.75) is 90.3 Å². The zero-order valence-corrected chi connectivity index (χ0v) is 21.4. The molecule has 4 rings (SSSR count). The third-order valence-corrected chi connectivity index (χ3v) is 8.45. The summed E-state index contributed by atoms with van der Waals surface area (Å²) < 4.78 is 34.9. The third kappa shape index (κ3) is 5.19. The molecule has 3 saturated heterocycles. The van der Waals surface area contributed by atoms with Crippen LogP contribution < -0.4 is 0 Å². The molecule has 3 amide bonds. The van der Waals surface area contributed by atoms with Crippen molar-refractivity contribution in [2.75, 3.05) is 25.4 Å². The van der Waals surface area contributed by atoms with Crippen molar-refractivity contribution in [3.63, 3.8) is 0 Å². The number of Topliss-reactive ketones (excluding diaryl/α,β-unsaturated/α-hetero) is 1. The van der Waals surface area contributed by atoms with E-state index < -0.39 is 27.8 Å².